The van der Waals surface area contributed by atoms with Crippen LogP contribution in [0, 0.1) is 38.5 Å². The molecule has 3 nitrogen and oxygen atoms in total. The molecule has 4 N–H and O–H groups in total. The van der Waals surface area contributed by atoms with Gasteiger partial charge in [0, 0.05) is 52.1 Å². The molecule has 0 aliphatic heterocycles. The Morgan fingerprint density at radius 3 is 0.857 bits per heavy atom. The Morgan fingerprint density at radius 2 is 0.607 bits per heavy atom. The van der Waals surface area contributed by atoms with E-state index in [1.54, 1.807) is 0 Å². The molecule has 0 fully saturated rings. The quantitative estimate of drug-likeness (QED) is 0.107. The minimum Gasteiger partial charge on any atom is -0.698 e. The van der Waals surface area contributed by atoms with Crippen molar-refractivity contribution in [3.8, 4) is 33.4 Å². The largest absolute Gasteiger partial charge is 0.698 e. The van der Waals surface area contributed by atoms with Crippen LogP contribution in [0.5, 0.6) is 0 Å². The molecule has 6 rings (SSSR count). The standard InChI is InChI=1S/C12H11N.2C12H10N.2C4H9.2C3H7.CH4.2Pd/c3*13-12-9-5-4-8-11(12)10-6-2-1-3-7-10;2*1-4(2)3;2*1-3-2;;;/h1-9H,13H2;2*1-9,13H;2*4H,1H2,2-3H3;2*3H,1-2H3;1H4;;/q;6*-1;;;. The van der Waals surface area contributed by atoms with Gasteiger partial charge in [-0.3, -0.25) is 0 Å². The third kappa shape index (κ3) is 28.5. The molecular formula is C51H67N3Pd2-6. The van der Waals surface area contributed by atoms with Gasteiger partial charge in [0.25, 0.3) is 0 Å². The number of para-hydroxylation sites is 1. The molecule has 0 aromatic heterocycles. The van der Waals surface area contributed by atoms with Crippen LogP contribution in [0.25, 0.3) is 44.8 Å². The van der Waals surface area contributed by atoms with E-state index in [4.69, 9.17) is 17.2 Å². The number of hydrogen-bond acceptors (Lipinski definition) is 1. The number of nitrogens with one attached hydrogen (secondary N) is 2. The summed E-state index contributed by atoms with van der Waals surface area (Å²) < 4.78 is 0. The van der Waals surface area contributed by atoms with E-state index in [1.807, 2.05) is 192 Å². The van der Waals surface area contributed by atoms with Crippen LogP contribution in [0.4, 0.5) is 17.1 Å². The maximum absolute atomic E-state index is 7.71. The summed E-state index contributed by atoms with van der Waals surface area (Å²) >= 11 is 0. The van der Waals surface area contributed by atoms with Crippen LogP contribution < -0.4 is 5.73 Å². The summed E-state index contributed by atoms with van der Waals surface area (Å²) in [5.74, 6) is 1.17. The topological polar surface area (TPSA) is 73.6 Å². The van der Waals surface area contributed by atoms with Crippen molar-refractivity contribution in [2.75, 3.05) is 5.73 Å². The monoisotopic (exact) mass is 933 g/mol. The van der Waals surface area contributed by atoms with Crippen LogP contribution >= 0.6 is 0 Å². The van der Waals surface area contributed by atoms with Crippen molar-refractivity contribution in [3.05, 3.63) is 202 Å². The third-order valence-electron chi connectivity index (χ3n) is 6.07. The molecule has 6 aromatic carbocycles. The van der Waals surface area contributed by atoms with Gasteiger partial charge in [-0.1, -0.05) is 193 Å². The molecule has 0 aliphatic rings. The Kier molecular flexibility index (Phi) is 39.8. The van der Waals surface area contributed by atoms with Gasteiger partial charge in [-0.2, -0.15) is 39.5 Å². The molecule has 0 unspecified atom stereocenters. The van der Waals surface area contributed by atoms with E-state index >= 15 is 0 Å². The predicted octanol–water partition coefficient (Wildman–Crippen LogP) is 17.1. The summed E-state index contributed by atoms with van der Waals surface area (Å²) in [7, 11) is 0. The van der Waals surface area contributed by atoms with Crippen LogP contribution in [-0.4, -0.2) is 0 Å². The normalized spacial score (nSPS) is 8.79. The summed E-state index contributed by atoms with van der Waals surface area (Å²) in [6.45, 7) is 23.5. The maximum atomic E-state index is 7.71. The second-order valence-electron chi connectivity index (χ2n) is 12.7. The van der Waals surface area contributed by atoms with Gasteiger partial charge in [0.2, 0.25) is 0 Å². The zero-order chi connectivity index (χ0) is 39.9. The van der Waals surface area contributed by atoms with E-state index < -0.39 is 0 Å². The number of nitrogen functional groups attached to an aromatic ring is 1. The van der Waals surface area contributed by atoms with E-state index in [0.717, 1.165) is 33.5 Å². The summed E-state index contributed by atoms with van der Waals surface area (Å²) in [5.41, 5.74) is 29.7. The van der Waals surface area contributed by atoms with Crippen LogP contribution in [-0.2, 0) is 40.8 Å². The molecule has 0 bridgehead atoms. The molecule has 6 aromatic rings. The van der Waals surface area contributed by atoms with Crippen LogP contribution in [0.3, 0.4) is 0 Å². The molecule has 0 atom stereocenters. The molecule has 0 saturated heterocycles. The van der Waals surface area contributed by atoms with Gasteiger partial charge < -0.3 is 43.9 Å². The number of benzene rings is 6. The Bertz CT molecular complexity index is 1500. The smallest absolute Gasteiger partial charge is 0.0393 e. The van der Waals surface area contributed by atoms with Crippen LogP contribution in [0.1, 0.15) is 62.8 Å². The van der Waals surface area contributed by atoms with Crippen molar-refractivity contribution in [1.82, 2.24) is 0 Å². The Hall–Kier alpha value is -3.96. The number of nitrogens with two attached hydrogens (primary N) is 1. The van der Waals surface area contributed by atoms with E-state index in [2.05, 4.69) is 53.7 Å². The third-order valence-corrected chi connectivity index (χ3v) is 6.07. The number of hydrogen-bond donors (Lipinski definition) is 1. The van der Waals surface area contributed by atoms with E-state index in [9.17, 15) is 0 Å². The first-order valence-corrected chi connectivity index (χ1v) is 18.2. The molecule has 0 heterocycles. The van der Waals surface area contributed by atoms with Gasteiger partial charge in [0.15, 0.2) is 0 Å². The molecule has 56 heavy (non-hydrogen) atoms. The van der Waals surface area contributed by atoms with Crippen molar-refractivity contribution < 1.29 is 40.8 Å². The first-order valence-electron chi connectivity index (χ1n) is 18.2. The SMILES string of the molecule is C.C[CH-]C.C[CH-]C.Nc1ccccc1-c1ccccc1.[CH2-]C(C)C.[CH2-]C(C)C.[NH-]c1ccccc1-c1ccccc1.[NH-]c1ccccc1-c1ccccc1.[Pd].[Pd]. The molecule has 0 aliphatic carbocycles. The average molecular weight is 935 g/mol. The number of anilines is 1. The van der Waals surface area contributed by atoms with Crippen LogP contribution in [0.2, 0.25) is 0 Å². The van der Waals surface area contributed by atoms with Gasteiger partial charge >= 0.3 is 0 Å². The zero-order valence-electron chi connectivity index (χ0n) is 34.0. The van der Waals surface area contributed by atoms with E-state index in [-0.39, 0.29) is 48.3 Å². The van der Waals surface area contributed by atoms with Crippen molar-refractivity contribution in [2.24, 2.45) is 11.8 Å². The Labute approximate surface area is 371 Å². The van der Waals surface area contributed by atoms with E-state index in [1.165, 1.54) is 5.56 Å². The first-order chi connectivity index (χ1) is 25.4. The predicted molar refractivity (Wildman–Crippen MR) is 246 cm³/mol. The van der Waals surface area contributed by atoms with Gasteiger partial charge in [-0.05, 0) is 33.9 Å². The summed E-state index contributed by atoms with van der Waals surface area (Å²) in [6, 6.07) is 53.3. The van der Waals surface area contributed by atoms with Crippen molar-refractivity contribution in [1.29, 1.82) is 0 Å². The fraction of sp³-hybridized carbons (Fsp3) is 0.216. The zero-order valence-corrected chi connectivity index (χ0v) is 37.1. The molecule has 0 amide bonds. The van der Waals surface area contributed by atoms with Gasteiger partial charge in [-0.15, -0.1) is 11.4 Å². The minimum absolute atomic E-state index is 0. The van der Waals surface area contributed by atoms with Gasteiger partial charge in [0.05, 0.1) is 0 Å². The molecule has 312 valence electrons. The van der Waals surface area contributed by atoms with Crippen molar-refractivity contribution in [3.63, 3.8) is 0 Å². The second-order valence-corrected chi connectivity index (χ2v) is 12.7. The molecule has 0 saturated carbocycles. The molecule has 0 radical (unpaired) electrons. The fourth-order valence-corrected chi connectivity index (χ4v) is 4.08. The van der Waals surface area contributed by atoms with Crippen molar-refractivity contribution in [2.45, 2.75) is 62.8 Å². The molecule has 0 spiro atoms. The maximum Gasteiger partial charge on any atom is 0.0393 e. The summed E-state index contributed by atoms with van der Waals surface area (Å²) in [5, 5.41) is 0. The molecule has 5 heteroatoms. The van der Waals surface area contributed by atoms with Gasteiger partial charge in [-0.25, -0.2) is 0 Å². The summed E-state index contributed by atoms with van der Waals surface area (Å²) in [4.78, 5) is 0. The summed E-state index contributed by atoms with van der Waals surface area (Å²) in [6.07, 6.45) is 4.00. The van der Waals surface area contributed by atoms with Crippen molar-refractivity contribution >= 4 is 17.1 Å². The Balaban J connectivity index is -0.000000304. The second kappa shape index (κ2) is 37.9. The Morgan fingerprint density at radius 1 is 0.411 bits per heavy atom. The number of rotatable bonds is 3. The average Bonchev–Trinajstić information content (AvgIpc) is 3.14. The van der Waals surface area contributed by atoms with E-state index in [0.29, 0.717) is 23.2 Å². The molecular weight excluding hydrogens is 867 g/mol. The first kappa shape index (κ1) is 58.7. The minimum atomic E-state index is 0. The van der Waals surface area contributed by atoms with Crippen LogP contribution in [0.15, 0.2) is 164 Å². The fourth-order valence-electron chi connectivity index (χ4n) is 4.08. The van der Waals surface area contributed by atoms with Gasteiger partial charge in [0.1, 0.15) is 0 Å².